The Hall–Kier alpha value is -0.910. The Morgan fingerprint density at radius 1 is 1.47 bits per heavy atom. The van der Waals surface area contributed by atoms with Gasteiger partial charge in [-0.15, -0.1) is 0 Å². The van der Waals surface area contributed by atoms with Crippen molar-refractivity contribution < 1.29 is 9.53 Å². The smallest absolute Gasteiger partial charge is 0.232 e. The minimum Gasteiger partial charge on any atom is -0.381 e. The molecule has 0 saturated carbocycles. The maximum Gasteiger partial charge on any atom is 0.232 e. The summed E-state index contributed by atoms with van der Waals surface area (Å²) in [6.07, 6.45) is 1.36. The first-order chi connectivity index (χ1) is 9.09. The molecule has 0 unspecified atom stereocenters. The van der Waals surface area contributed by atoms with Crippen molar-refractivity contribution in [2.45, 2.75) is 19.8 Å². The van der Waals surface area contributed by atoms with E-state index >= 15 is 0 Å². The van der Waals surface area contributed by atoms with Gasteiger partial charge < -0.3 is 15.8 Å². The predicted octanol–water partition coefficient (Wildman–Crippen LogP) is 2.45. The Labute approximate surface area is 121 Å². The van der Waals surface area contributed by atoms with Gasteiger partial charge in [-0.25, -0.2) is 0 Å². The number of benzene rings is 1. The molecule has 0 aromatic heterocycles. The van der Waals surface area contributed by atoms with E-state index in [1.54, 1.807) is 0 Å². The Morgan fingerprint density at radius 3 is 2.79 bits per heavy atom. The molecule has 1 heterocycles. The summed E-state index contributed by atoms with van der Waals surface area (Å²) < 4.78 is 6.24. The third-order valence-electron chi connectivity index (χ3n) is 3.76. The molecule has 4 nitrogen and oxygen atoms in total. The predicted molar refractivity (Wildman–Crippen MR) is 79.0 cm³/mol. The number of nitrogens with two attached hydrogens (primary N) is 1. The van der Waals surface area contributed by atoms with Crippen LogP contribution in [-0.4, -0.2) is 25.7 Å². The average Bonchev–Trinajstić information content (AvgIpc) is 2.44. The lowest BCUT2D eigenvalue weighted by Crippen LogP contribution is -2.46. The molecule has 0 bridgehead atoms. The first kappa shape index (κ1) is 14.5. The Kier molecular flexibility index (Phi) is 4.60. The van der Waals surface area contributed by atoms with Crippen LogP contribution in [-0.2, 0) is 9.53 Å². The summed E-state index contributed by atoms with van der Waals surface area (Å²) in [6.45, 7) is 3.54. The van der Waals surface area contributed by atoms with Gasteiger partial charge in [0.05, 0.1) is 11.1 Å². The highest BCUT2D eigenvalue weighted by molar-refractivity contribution is 9.10. The van der Waals surface area contributed by atoms with Crippen LogP contribution >= 0.6 is 15.9 Å². The van der Waals surface area contributed by atoms with Crippen LogP contribution < -0.4 is 11.1 Å². The number of rotatable bonds is 3. The maximum absolute atomic E-state index is 12.5. The topological polar surface area (TPSA) is 64.4 Å². The fourth-order valence-electron chi connectivity index (χ4n) is 2.28. The molecule has 0 aliphatic carbocycles. The van der Waals surface area contributed by atoms with Crippen molar-refractivity contribution in [3.63, 3.8) is 0 Å². The number of carbonyl (C=O) groups is 1. The molecule has 2 rings (SSSR count). The minimum atomic E-state index is -0.499. The summed E-state index contributed by atoms with van der Waals surface area (Å²) in [5.41, 5.74) is 7.22. The molecule has 19 heavy (non-hydrogen) atoms. The molecule has 1 aromatic rings. The summed E-state index contributed by atoms with van der Waals surface area (Å²) in [5.74, 6) is -0.00963. The van der Waals surface area contributed by atoms with Crippen molar-refractivity contribution in [2.24, 2.45) is 11.1 Å². The van der Waals surface area contributed by atoms with E-state index in [9.17, 15) is 4.79 Å². The Bertz CT molecular complexity index is 471. The van der Waals surface area contributed by atoms with Gasteiger partial charge in [-0.2, -0.15) is 0 Å². The Morgan fingerprint density at radius 2 is 2.16 bits per heavy atom. The van der Waals surface area contributed by atoms with Crippen LogP contribution in [0.3, 0.4) is 0 Å². The van der Waals surface area contributed by atoms with E-state index in [0.717, 1.165) is 15.7 Å². The van der Waals surface area contributed by atoms with Crippen molar-refractivity contribution in [1.82, 2.24) is 0 Å². The van der Waals surface area contributed by atoms with Crippen molar-refractivity contribution >= 4 is 27.5 Å². The second-order valence-corrected chi connectivity index (χ2v) is 5.78. The van der Waals surface area contributed by atoms with Crippen LogP contribution in [0.2, 0.25) is 0 Å². The third-order valence-corrected chi connectivity index (χ3v) is 4.81. The SMILES string of the molecule is Cc1cccc(NC(=O)C2(CN)CCOCC2)c1Br. The lowest BCUT2D eigenvalue weighted by Gasteiger charge is -2.34. The number of nitrogens with one attached hydrogen (secondary N) is 1. The van der Waals surface area contributed by atoms with E-state index in [-0.39, 0.29) is 5.91 Å². The zero-order valence-corrected chi connectivity index (χ0v) is 12.6. The molecule has 1 aromatic carbocycles. The lowest BCUT2D eigenvalue weighted by atomic mass is 9.79. The highest BCUT2D eigenvalue weighted by Crippen LogP contribution is 2.33. The molecule has 1 aliphatic rings. The van der Waals surface area contributed by atoms with Gasteiger partial charge in [-0.3, -0.25) is 4.79 Å². The second-order valence-electron chi connectivity index (χ2n) is 4.99. The van der Waals surface area contributed by atoms with E-state index in [4.69, 9.17) is 10.5 Å². The standard InChI is InChI=1S/C14H19BrN2O2/c1-10-3-2-4-11(12(10)15)17-13(18)14(9-16)5-7-19-8-6-14/h2-4H,5-9,16H2,1H3,(H,17,18). The van der Waals surface area contributed by atoms with Crippen LogP contribution in [0.5, 0.6) is 0 Å². The summed E-state index contributed by atoms with van der Waals surface area (Å²) in [5, 5.41) is 2.99. The van der Waals surface area contributed by atoms with Gasteiger partial charge in [-0.05, 0) is 47.3 Å². The van der Waals surface area contributed by atoms with Crippen molar-refractivity contribution in [3.8, 4) is 0 Å². The molecule has 1 saturated heterocycles. The van der Waals surface area contributed by atoms with Crippen molar-refractivity contribution in [3.05, 3.63) is 28.2 Å². The third kappa shape index (κ3) is 2.99. The van der Waals surface area contributed by atoms with Gasteiger partial charge in [-0.1, -0.05) is 12.1 Å². The van der Waals surface area contributed by atoms with E-state index < -0.39 is 5.41 Å². The number of halogens is 1. The molecule has 104 valence electrons. The number of hydrogen-bond acceptors (Lipinski definition) is 3. The quantitative estimate of drug-likeness (QED) is 0.896. The highest BCUT2D eigenvalue weighted by atomic mass is 79.9. The largest absolute Gasteiger partial charge is 0.381 e. The van der Waals surface area contributed by atoms with Crippen LogP contribution in [0.1, 0.15) is 18.4 Å². The van der Waals surface area contributed by atoms with E-state index in [0.29, 0.717) is 32.6 Å². The molecule has 1 aliphatic heterocycles. The molecule has 1 amide bonds. The van der Waals surface area contributed by atoms with Crippen LogP contribution in [0, 0.1) is 12.3 Å². The summed E-state index contributed by atoms with van der Waals surface area (Å²) in [7, 11) is 0. The zero-order valence-electron chi connectivity index (χ0n) is 11.0. The Balaban J connectivity index is 2.17. The summed E-state index contributed by atoms with van der Waals surface area (Å²) in [6, 6.07) is 5.81. The first-order valence-corrected chi connectivity index (χ1v) is 7.23. The van der Waals surface area contributed by atoms with E-state index in [1.165, 1.54) is 0 Å². The number of hydrogen-bond donors (Lipinski definition) is 2. The molecule has 0 radical (unpaired) electrons. The molecule has 0 atom stereocenters. The van der Waals surface area contributed by atoms with Gasteiger partial charge >= 0.3 is 0 Å². The highest BCUT2D eigenvalue weighted by Gasteiger charge is 2.38. The molecular formula is C14H19BrN2O2. The van der Waals surface area contributed by atoms with Crippen molar-refractivity contribution in [2.75, 3.05) is 25.1 Å². The van der Waals surface area contributed by atoms with E-state index in [2.05, 4.69) is 21.2 Å². The second kappa shape index (κ2) is 6.03. The van der Waals surface area contributed by atoms with Gasteiger partial charge in [0.25, 0.3) is 0 Å². The summed E-state index contributed by atoms with van der Waals surface area (Å²) >= 11 is 3.50. The molecule has 0 spiro atoms. The van der Waals surface area contributed by atoms with Gasteiger partial charge in [0.1, 0.15) is 0 Å². The number of aryl methyl sites for hydroxylation is 1. The monoisotopic (exact) mass is 326 g/mol. The maximum atomic E-state index is 12.5. The zero-order chi connectivity index (χ0) is 13.9. The first-order valence-electron chi connectivity index (χ1n) is 6.43. The molecular weight excluding hydrogens is 308 g/mol. The van der Waals surface area contributed by atoms with Gasteiger partial charge in [0, 0.05) is 24.2 Å². The molecule has 3 N–H and O–H groups in total. The number of carbonyl (C=O) groups excluding carboxylic acids is 1. The van der Waals surface area contributed by atoms with Crippen LogP contribution in [0.15, 0.2) is 22.7 Å². The van der Waals surface area contributed by atoms with Crippen molar-refractivity contribution in [1.29, 1.82) is 0 Å². The summed E-state index contributed by atoms with van der Waals surface area (Å²) in [4.78, 5) is 12.5. The fraction of sp³-hybridized carbons (Fsp3) is 0.500. The van der Waals surface area contributed by atoms with E-state index in [1.807, 2.05) is 25.1 Å². The number of amides is 1. The van der Waals surface area contributed by atoms with Gasteiger partial charge in [0.2, 0.25) is 5.91 Å². The molecule has 1 fully saturated rings. The van der Waals surface area contributed by atoms with Gasteiger partial charge in [0.15, 0.2) is 0 Å². The lowest BCUT2D eigenvalue weighted by molar-refractivity contribution is -0.130. The normalized spacial score (nSPS) is 18.1. The minimum absolute atomic E-state index is 0.00963. The van der Waals surface area contributed by atoms with Crippen LogP contribution in [0.25, 0.3) is 0 Å². The number of ether oxygens (including phenoxy) is 1. The van der Waals surface area contributed by atoms with Crippen LogP contribution in [0.4, 0.5) is 5.69 Å². The average molecular weight is 327 g/mol. The number of anilines is 1. The fourth-order valence-corrected chi connectivity index (χ4v) is 2.65. The molecule has 5 heteroatoms.